The number of esters is 1. The Kier molecular flexibility index (Phi) is 12.4. The highest BCUT2D eigenvalue weighted by Gasteiger charge is 2.37. The summed E-state index contributed by atoms with van der Waals surface area (Å²) in [6.07, 6.45) is 3.11. The van der Waals surface area contributed by atoms with Crippen LogP contribution in [0, 0.1) is 12.8 Å². The number of amides is 5. The van der Waals surface area contributed by atoms with Gasteiger partial charge in [-0.1, -0.05) is 24.3 Å². The molecule has 0 aliphatic carbocycles. The highest BCUT2D eigenvalue weighted by molar-refractivity contribution is 5.91. The number of oxazole rings is 1. The molecule has 4 aliphatic rings. The number of likely N-dealkylation sites (tertiary alicyclic amines) is 3. The van der Waals surface area contributed by atoms with Crippen LogP contribution < -0.4 is 11.1 Å². The molecule has 58 heavy (non-hydrogen) atoms. The third-order valence-electron chi connectivity index (χ3n) is 12.4. The van der Waals surface area contributed by atoms with E-state index in [9.17, 15) is 28.8 Å². The van der Waals surface area contributed by atoms with Gasteiger partial charge in [-0.15, -0.1) is 0 Å². The van der Waals surface area contributed by atoms with Crippen molar-refractivity contribution in [2.24, 2.45) is 13.0 Å². The van der Waals surface area contributed by atoms with Crippen LogP contribution in [0.15, 0.2) is 45.6 Å². The molecule has 0 unspecified atom stereocenters. The first-order valence-corrected chi connectivity index (χ1v) is 20.5. The Bertz CT molecular complexity index is 2070. The number of benzene rings is 2. The standard InChI is InChI=1S/C42H55N7O9/c1-27-23-28(24-34-37(27)45(4)41(54)57-34)25-35(58-42(55)48-20-14-32(15-21-48)49-22-11-29-7-5-6-8-33(29)43-40(49)53)38(51)47-18-12-31(13-19-47)46-16-9-30(10-17-46)39(52)56-26-36(50)44(2)3/h5-8,23-24,30-32,35H,9-22,25-26H2,1-4H3,(H,43,53)/t35-/m1/s1. The summed E-state index contributed by atoms with van der Waals surface area (Å²) in [5, 5.41) is 3.04. The molecule has 3 aromatic rings. The van der Waals surface area contributed by atoms with Crippen molar-refractivity contribution in [1.29, 1.82) is 0 Å². The van der Waals surface area contributed by atoms with Crippen LogP contribution in [0.4, 0.5) is 15.3 Å². The van der Waals surface area contributed by atoms with Gasteiger partial charge in [0.25, 0.3) is 11.8 Å². The van der Waals surface area contributed by atoms with Crippen LogP contribution in [0.3, 0.4) is 0 Å². The number of hydrogen-bond donors (Lipinski definition) is 1. The van der Waals surface area contributed by atoms with Gasteiger partial charge in [-0.3, -0.25) is 19.0 Å². The SMILES string of the molecule is Cc1cc(C[C@@H](OC(=O)N2CCC(N3CCc4ccccc4NC3=O)CC2)C(=O)N2CCC(N3CCC(C(=O)OCC(=O)N(C)C)CC3)CC2)cc2oc(=O)n(C)c12. The third kappa shape index (κ3) is 9.01. The van der Waals surface area contributed by atoms with E-state index in [1.54, 1.807) is 37.0 Å². The number of urea groups is 1. The molecule has 3 saturated heterocycles. The van der Waals surface area contributed by atoms with Crippen molar-refractivity contribution in [3.05, 3.63) is 63.6 Å². The van der Waals surface area contributed by atoms with Gasteiger partial charge in [0, 0.05) is 78.1 Å². The normalized spacial score (nSPS) is 19.3. The molecule has 0 saturated carbocycles. The van der Waals surface area contributed by atoms with Gasteiger partial charge in [-0.05, 0) is 93.8 Å². The number of likely N-dealkylation sites (N-methyl/N-ethyl adjacent to an activating group) is 1. The highest BCUT2D eigenvalue weighted by Crippen LogP contribution is 2.28. The molecule has 0 bridgehead atoms. The number of anilines is 1. The lowest BCUT2D eigenvalue weighted by Gasteiger charge is -2.42. The number of fused-ring (bicyclic) bond motifs is 2. The van der Waals surface area contributed by atoms with Gasteiger partial charge in [0.05, 0.1) is 11.4 Å². The summed E-state index contributed by atoms with van der Waals surface area (Å²) < 4.78 is 18.3. The first kappa shape index (κ1) is 40.8. The van der Waals surface area contributed by atoms with E-state index in [1.165, 1.54) is 9.47 Å². The Balaban J connectivity index is 0.968. The molecule has 7 rings (SSSR count). The van der Waals surface area contributed by atoms with Crippen LogP contribution in [0.25, 0.3) is 11.1 Å². The van der Waals surface area contributed by atoms with Crippen molar-refractivity contribution in [1.82, 2.24) is 29.1 Å². The van der Waals surface area contributed by atoms with E-state index in [0.717, 1.165) is 49.2 Å². The zero-order valence-corrected chi connectivity index (χ0v) is 33.9. The van der Waals surface area contributed by atoms with Gasteiger partial charge in [0.1, 0.15) is 0 Å². The molecule has 3 fully saturated rings. The molecule has 5 amide bonds. The molecule has 1 aromatic heterocycles. The molecule has 312 valence electrons. The van der Waals surface area contributed by atoms with Crippen LogP contribution >= 0.6 is 0 Å². The van der Waals surface area contributed by atoms with Crippen LogP contribution in [0.1, 0.15) is 55.2 Å². The third-order valence-corrected chi connectivity index (χ3v) is 12.4. The van der Waals surface area contributed by atoms with E-state index in [-0.39, 0.29) is 54.8 Å². The molecule has 16 nitrogen and oxygen atoms in total. The quantitative estimate of drug-likeness (QED) is 0.317. The van der Waals surface area contributed by atoms with Gasteiger partial charge in [-0.25, -0.2) is 14.4 Å². The zero-order valence-electron chi connectivity index (χ0n) is 33.9. The minimum atomic E-state index is -1.11. The zero-order chi connectivity index (χ0) is 41.1. The number of piperidine rings is 3. The van der Waals surface area contributed by atoms with E-state index < -0.39 is 18.0 Å². The van der Waals surface area contributed by atoms with E-state index >= 15 is 0 Å². The summed E-state index contributed by atoms with van der Waals surface area (Å²) in [6, 6.07) is 11.5. The molecule has 5 heterocycles. The molecule has 1 N–H and O–H groups in total. The fourth-order valence-corrected chi connectivity index (χ4v) is 8.92. The lowest BCUT2D eigenvalue weighted by Crippen LogP contribution is -2.53. The maximum atomic E-state index is 14.3. The summed E-state index contributed by atoms with van der Waals surface area (Å²) in [4.78, 5) is 87.1. The first-order valence-electron chi connectivity index (χ1n) is 20.5. The lowest BCUT2D eigenvalue weighted by atomic mass is 9.93. The van der Waals surface area contributed by atoms with Crippen LogP contribution in [-0.4, -0.2) is 144 Å². The topological polar surface area (TPSA) is 167 Å². The maximum Gasteiger partial charge on any atom is 0.419 e. The van der Waals surface area contributed by atoms with Crippen molar-refractivity contribution in [3.63, 3.8) is 0 Å². The van der Waals surface area contributed by atoms with Gasteiger partial charge < -0.3 is 43.7 Å². The number of rotatable bonds is 9. The van der Waals surface area contributed by atoms with Gasteiger partial charge in [-0.2, -0.15) is 0 Å². The number of nitrogens with one attached hydrogen (secondary N) is 1. The lowest BCUT2D eigenvalue weighted by molar-refractivity contribution is -0.156. The number of aromatic nitrogens is 1. The largest absolute Gasteiger partial charge is 0.455 e. The second-order valence-electron chi connectivity index (χ2n) is 16.3. The average molecular weight is 802 g/mol. The molecule has 4 aliphatic heterocycles. The maximum absolute atomic E-state index is 14.3. The number of hydrogen-bond acceptors (Lipinski definition) is 10. The number of carbonyl (C=O) groups excluding carboxylic acids is 5. The predicted octanol–water partition coefficient (Wildman–Crippen LogP) is 3.38. The van der Waals surface area contributed by atoms with Crippen LogP contribution in [0.5, 0.6) is 0 Å². The molecule has 16 heteroatoms. The second kappa shape index (κ2) is 17.6. The Morgan fingerprint density at radius 2 is 1.55 bits per heavy atom. The number of carbonyl (C=O) groups is 5. The first-order chi connectivity index (χ1) is 27.9. The molecular weight excluding hydrogens is 747 g/mol. The predicted molar refractivity (Wildman–Crippen MR) is 214 cm³/mol. The molecule has 1 atom stereocenters. The van der Waals surface area contributed by atoms with Crippen molar-refractivity contribution in [3.8, 4) is 0 Å². The van der Waals surface area contributed by atoms with Crippen molar-refractivity contribution in [2.75, 3.05) is 71.8 Å². The van der Waals surface area contributed by atoms with Crippen molar-refractivity contribution < 1.29 is 37.9 Å². The fraction of sp³-hybridized carbons (Fsp3) is 0.571. The molecule has 2 aromatic carbocycles. The molecule has 0 spiro atoms. The van der Waals surface area contributed by atoms with E-state index in [4.69, 9.17) is 13.9 Å². The summed E-state index contributed by atoms with van der Waals surface area (Å²) in [7, 11) is 4.89. The monoisotopic (exact) mass is 801 g/mol. The average Bonchev–Trinajstić information content (AvgIpc) is 3.40. The Morgan fingerprint density at radius 3 is 2.26 bits per heavy atom. The minimum absolute atomic E-state index is 0.0364. The van der Waals surface area contributed by atoms with Crippen LogP contribution in [-0.2, 0) is 43.7 Å². The summed E-state index contributed by atoms with van der Waals surface area (Å²) in [5.74, 6) is -1.59. The summed E-state index contributed by atoms with van der Waals surface area (Å²) in [6.45, 7) is 5.41. The molecular formula is C42H55N7O9. The number of nitrogens with zero attached hydrogens (tertiary/aromatic N) is 6. The summed E-state index contributed by atoms with van der Waals surface area (Å²) >= 11 is 0. The van der Waals surface area contributed by atoms with E-state index in [0.29, 0.717) is 75.1 Å². The van der Waals surface area contributed by atoms with Gasteiger partial charge >= 0.3 is 23.8 Å². The van der Waals surface area contributed by atoms with E-state index in [1.807, 2.05) is 42.2 Å². The Hall–Kier alpha value is -5.38. The highest BCUT2D eigenvalue weighted by atomic mass is 16.6. The molecule has 0 radical (unpaired) electrons. The van der Waals surface area contributed by atoms with E-state index in [2.05, 4.69) is 10.2 Å². The number of aryl methyl sites for hydroxylation is 2. The van der Waals surface area contributed by atoms with Gasteiger partial charge in [0.15, 0.2) is 18.3 Å². The smallest absolute Gasteiger partial charge is 0.419 e. The Morgan fingerprint density at radius 1 is 0.879 bits per heavy atom. The van der Waals surface area contributed by atoms with Crippen LogP contribution in [0.2, 0.25) is 0 Å². The fourth-order valence-electron chi connectivity index (χ4n) is 8.92. The number of ether oxygens (including phenoxy) is 2. The minimum Gasteiger partial charge on any atom is -0.455 e. The van der Waals surface area contributed by atoms with Gasteiger partial charge in [0.2, 0.25) is 0 Å². The Labute approximate surface area is 337 Å². The summed E-state index contributed by atoms with van der Waals surface area (Å²) in [5.41, 5.74) is 4.51. The van der Waals surface area contributed by atoms with Crippen molar-refractivity contribution in [2.45, 2.75) is 76.5 Å². The second-order valence-corrected chi connectivity index (χ2v) is 16.3. The van der Waals surface area contributed by atoms with Crippen molar-refractivity contribution >= 4 is 46.7 Å². The number of para-hydroxylation sites is 1.